The van der Waals surface area contributed by atoms with Gasteiger partial charge in [0.2, 0.25) is 0 Å². The number of nitrogens with one attached hydrogen (secondary N) is 4. The van der Waals surface area contributed by atoms with E-state index >= 15 is 0 Å². The van der Waals surface area contributed by atoms with Gasteiger partial charge >= 0.3 is 0 Å². The average Bonchev–Trinajstić information content (AvgIpc) is 3.20. The molecule has 2 unspecified atom stereocenters. The summed E-state index contributed by atoms with van der Waals surface area (Å²) in [5, 5.41) is 14.2. The standard InChI is InChI=1S/C30H50N6S/c1-6-12-29(30(34-24(2)22-31)21-27-13-8-7-9-14-27)33-23-25(3)35-28(15-10-16-32-5)26(4)36-17-11-19-37-20-18-36/h7-9,12-14,28,30,32-35H,2-4,6,10-11,15-23,31H2,1,5H3. The fourth-order valence-electron chi connectivity index (χ4n) is 4.52. The molecule has 0 aliphatic carbocycles. The summed E-state index contributed by atoms with van der Waals surface area (Å²) in [7, 11) is 2.01. The first-order chi connectivity index (χ1) is 18.0. The van der Waals surface area contributed by atoms with Crippen molar-refractivity contribution in [3.63, 3.8) is 0 Å². The van der Waals surface area contributed by atoms with Crippen LogP contribution >= 0.6 is 11.8 Å². The van der Waals surface area contributed by atoms with Crippen LogP contribution in [0.3, 0.4) is 0 Å². The minimum Gasteiger partial charge on any atom is -0.381 e. The van der Waals surface area contributed by atoms with E-state index in [1.165, 1.54) is 29.2 Å². The summed E-state index contributed by atoms with van der Waals surface area (Å²) in [6.07, 6.45) is 7.34. The third-order valence-corrected chi connectivity index (χ3v) is 7.59. The second kappa shape index (κ2) is 18.0. The molecule has 6 N–H and O–H groups in total. The molecule has 2 atom stereocenters. The summed E-state index contributed by atoms with van der Waals surface area (Å²) in [5.74, 6) is 2.40. The van der Waals surface area contributed by atoms with Gasteiger partial charge in [0.15, 0.2) is 0 Å². The quantitative estimate of drug-likeness (QED) is 0.185. The summed E-state index contributed by atoms with van der Waals surface area (Å²) in [5.41, 5.74) is 11.3. The molecule has 0 saturated carbocycles. The lowest BCUT2D eigenvalue weighted by Gasteiger charge is -2.33. The van der Waals surface area contributed by atoms with E-state index in [9.17, 15) is 0 Å². The molecule has 0 radical (unpaired) electrons. The van der Waals surface area contributed by atoms with Crippen LogP contribution in [0.1, 0.15) is 38.2 Å². The maximum Gasteiger partial charge on any atom is 0.0694 e. The van der Waals surface area contributed by atoms with Crippen LogP contribution in [0, 0.1) is 0 Å². The predicted molar refractivity (Wildman–Crippen MR) is 164 cm³/mol. The third-order valence-electron chi connectivity index (χ3n) is 6.54. The normalized spacial score (nSPS) is 15.9. The van der Waals surface area contributed by atoms with Gasteiger partial charge in [0.1, 0.15) is 0 Å². The molecule has 6 nitrogen and oxygen atoms in total. The Kier molecular flexibility index (Phi) is 15.0. The van der Waals surface area contributed by atoms with Crippen molar-refractivity contribution in [3.05, 3.63) is 84.5 Å². The lowest BCUT2D eigenvalue weighted by atomic mass is 10.0. The van der Waals surface area contributed by atoms with Gasteiger partial charge in [-0.1, -0.05) is 63.1 Å². The number of benzene rings is 1. The van der Waals surface area contributed by atoms with Gasteiger partial charge in [-0.05, 0) is 57.0 Å². The minimum atomic E-state index is 0.0576. The second-order valence-electron chi connectivity index (χ2n) is 9.61. The Morgan fingerprint density at radius 2 is 1.84 bits per heavy atom. The van der Waals surface area contributed by atoms with E-state index in [4.69, 9.17) is 5.73 Å². The van der Waals surface area contributed by atoms with Gasteiger partial charge in [-0.3, -0.25) is 0 Å². The van der Waals surface area contributed by atoms with Gasteiger partial charge < -0.3 is 31.9 Å². The highest BCUT2D eigenvalue weighted by Gasteiger charge is 2.21. The van der Waals surface area contributed by atoms with E-state index in [-0.39, 0.29) is 12.1 Å². The largest absolute Gasteiger partial charge is 0.381 e. The monoisotopic (exact) mass is 526 g/mol. The van der Waals surface area contributed by atoms with Gasteiger partial charge in [0.25, 0.3) is 0 Å². The molecule has 0 aromatic heterocycles. The second-order valence-corrected chi connectivity index (χ2v) is 10.8. The van der Waals surface area contributed by atoms with Crippen molar-refractivity contribution in [3.8, 4) is 0 Å². The van der Waals surface area contributed by atoms with Crippen molar-refractivity contribution in [1.29, 1.82) is 0 Å². The smallest absolute Gasteiger partial charge is 0.0694 e. The van der Waals surface area contributed by atoms with Gasteiger partial charge in [0, 0.05) is 48.2 Å². The zero-order chi connectivity index (χ0) is 26.9. The van der Waals surface area contributed by atoms with Crippen LogP contribution in [0.15, 0.2) is 78.9 Å². The van der Waals surface area contributed by atoms with Gasteiger partial charge in [-0.25, -0.2) is 0 Å². The van der Waals surface area contributed by atoms with Crippen LogP contribution in [-0.2, 0) is 6.42 Å². The predicted octanol–water partition coefficient (Wildman–Crippen LogP) is 3.97. The zero-order valence-electron chi connectivity index (χ0n) is 23.2. The molecule has 0 amide bonds. The first kappa shape index (κ1) is 30.9. The molecule has 1 aromatic rings. The lowest BCUT2D eigenvalue weighted by Crippen LogP contribution is -2.43. The summed E-state index contributed by atoms with van der Waals surface area (Å²) < 4.78 is 0. The number of allylic oxidation sites excluding steroid dienone is 1. The Bertz CT molecular complexity index is 845. The van der Waals surface area contributed by atoms with Crippen molar-refractivity contribution in [2.24, 2.45) is 5.73 Å². The summed E-state index contributed by atoms with van der Waals surface area (Å²) in [4.78, 5) is 2.47. The molecule has 1 aliphatic rings. The summed E-state index contributed by atoms with van der Waals surface area (Å²) in [6.45, 7) is 19.4. The number of rotatable bonds is 18. The van der Waals surface area contributed by atoms with Crippen molar-refractivity contribution in [1.82, 2.24) is 26.2 Å². The number of nitrogens with zero attached hydrogens (tertiary/aromatic N) is 1. The first-order valence-corrected chi connectivity index (χ1v) is 14.9. The average molecular weight is 527 g/mol. The van der Waals surface area contributed by atoms with Crippen LogP contribution in [-0.4, -0.2) is 68.3 Å². The minimum absolute atomic E-state index is 0.0576. The Morgan fingerprint density at radius 3 is 2.54 bits per heavy atom. The van der Waals surface area contributed by atoms with Crippen molar-refractivity contribution in [2.45, 2.75) is 51.1 Å². The molecule has 0 bridgehead atoms. The molecule has 7 heteroatoms. The molecular weight excluding hydrogens is 476 g/mol. The van der Waals surface area contributed by atoms with Gasteiger partial charge in [0.05, 0.1) is 18.6 Å². The Hall–Kier alpha value is -2.35. The highest BCUT2D eigenvalue weighted by atomic mass is 32.2. The number of thioether (sulfide) groups is 1. The fourth-order valence-corrected chi connectivity index (χ4v) is 5.40. The number of nitrogens with two attached hydrogens (primary N) is 1. The SMILES string of the molecule is C=C(CNC(=CCC)C(Cc1ccccc1)NC(=C)CN)NC(CCCNC)C(=C)N1CCCSCC1. The molecule has 0 spiro atoms. The van der Waals surface area contributed by atoms with Crippen LogP contribution < -0.4 is 27.0 Å². The van der Waals surface area contributed by atoms with Crippen molar-refractivity contribution >= 4 is 11.8 Å². The van der Waals surface area contributed by atoms with E-state index in [1.54, 1.807) is 0 Å². The Morgan fingerprint density at radius 1 is 1.08 bits per heavy atom. The highest BCUT2D eigenvalue weighted by molar-refractivity contribution is 7.99. The maximum atomic E-state index is 5.87. The lowest BCUT2D eigenvalue weighted by molar-refractivity contribution is 0.327. The van der Waals surface area contributed by atoms with E-state index in [0.717, 1.165) is 62.4 Å². The zero-order valence-corrected chi connectivity index (χ0v) is 24.0. The highest BCUT2D eigenvalue weighted by Crippen LogP contribution is 2.19. The van der Waals surface area contributed by atoms with Gasteiger partial charge in [-0.2, -0.15) is 11.8 Å². The number of hydrogen-bond acceptors (Lipinski definition) is 7. The van der Waals surface area contributed by atoms with Crippen LogP contribution in [0.2, 0.25) is 0 Å². The third kappa shape index (κ3) is 11.7. The molecule has 1 heterocycles. The molecule has 2 rings (SSSR count). The molecular formula is C30H50N6S. The summed E-state index contributed by atoms with van der Waals surface area (Å²) >= 11 is 2.04. The van der Waals surface area contributed by atoms with E-state index in [2.05, 4.69) is 83.2 Å². The molecule has 1 fully saturated rings. The van der Waals surface area contributed by atoms with E-state index < -0.39 is 0 Å². The maximum absolute atomic E-state index is 5.87. The van der Waals surface area contributed by atoms with Crippen LogP contribution in [0.5, 0.6) is 0 Å². The molecule has 37 heavy (non-hydrogen) atoms. The molecule has 1 aromatic carbocycles. The van der Waals surface area contributed by atoms with Gasteiger partial charge in [-0.15, -0.1) is 0 Å². The number of hydrogen-bond donors (Lipinski definition) is 5. The molecule has 1 saturated heterocycles. The Balaban J connectivity index is 2.06. The Labute approximate surface area is 230 Å². The fraction of sp³-hybridized carbons (Fsp3) is 0.533. The summed E-state index contributed by atoms with van der Waals surface area (Å²) in [6, 6.07) is 10.8. The molecule has 206 valence electrons. The molecule has 1 aliphatic heterocycles. The van der Waals surface area contributed by atoms with Crippen molar-refractivity contribution < 1.29 is 0 Å². The van der Waals surface area contributed by atoms with E-state index in [1.807, 2.05) is 24.9 Å². The topological polar surface area (TPSA) is 77.4 Å². The van der Waals surface area contributed by atoms with E-state index in [0.29, 0.717) is 13.1 Å². The van der Waals surface area contributed by atoms with Crippen LogP contribution in [0.4, 0.5) is 0 Å². The van der Waals surface area contributed by atoms with Crippen molar-refractivity contribution in [2.75, 3.05) is 51.3 Å². The first-order valence-electron chi connectivity index (χ1n) is 13.7. The van der Waals surface area contributed by atoms with Crippen LogP contribution in [0.25, 0.3) is 0 Å².